The van der Waals surface area contributed by atoms with Crippen molar-refractivity contribution in [3.05, 3.63) is 71.3 Å². The maximum Gasteiger partial charge on any atom is 0.279 e. The number of aryl methyl sites for hydroxylation is 1. The standard InChI is InChI=1S/C22H22N6O2S/c1-5-17-12-30-18(24-17)13-31-22-25-20-19(21(29)27(4)14(2)26(20)3)28(22)11-16-8-6-7-15(9-16)10-23/h6-9,12H,2,5,11,13H2,1,3-4H3. The third-order valence-electron chi connectivity index (χ3n) is 5.20. The van der Waals surface area contributed by atoms with Crippen LogP contribution in [0.3, 0.4) is 0 Å². The lowest BCUT2D eigenvalue weighted by Crippen LogP contribution is -2.41. The van der Waals surface area contributed by atoms with Crippen LogP contribution in [0.15, 0.2) is 52.5 Å². The van der Waals surface area contributed by atoms with Crippen LogP contribution in [0.1, 0.15) is 40.1 Å². The number of thioether (sulfide) groups is 1. The number of carbonyl (C=O) groups is 1. The highest BCUT2D eigenvalue weighted by atomic mass is 32.2. The van der Waals surface area contributed by atoms with E-state index < -0.39 is 0 Å². The molecule has 2 aromatic heterocycles. The first kappa shape index (κ1) is 20.8. The molecule has 9 heteroatoms. The molecule has 0 bridgehead atoms. The molecule has 8 nitrogen and oxygen atoms in total. The number of nitrogens with zero attached hydrogens (tertiary/aromatic N) is 6. The van der Waals surface area contributed by atoms with Crippen molar-refractivity contribution in [3.8, 4) is 6.07 Å². The lowest BCUT2D eigenvalue weighted by atomic mass is 10.1. The van der Waals surface area contributed by atoms with Crippen molar-refractivity contribution in [2.24, 2.45) is 0 Å². The summed E-state index contributed by atoms with van der Waals surface area (Å²) in [6.07, 6.45) is 2.47. The minimum atomic E-state index is -0.168. The quantitative estimate of drug-likeness (QED) is 0.547. The Morgan fingerprint density at radius 2 is 2.06 bits per heavy atom. The average Bonchev–Trinajstić information content (AvgIpc) is 3.39. The number of nitriles is 1. The van der Waals surface area contributed by atoms with Gasteiger partial charge in [-0.05, 0) is 24.1 Å². The lowest BCUT2D eigenvalue weighted by Gasteiger charge is -2.32. The molecule has 4 rings (SSSR count). The predicted octanol–water partition coefficient (Wildman–Crippen LogP) is 3.64. The molecule has 3 aromatic rings. The van der Waals surface area contributed by atoms with E-state index in [2.05, 4.69) is 17.6 Å². The summed E-state index contributed by atoms with van der Waals surface area (Å²) < 4.78 is 7.43. The molecule has 0 spiro atoms. The molecule has 158 valence electrons. The molecule has 0 atom stereocenters. The summed E-state index contributed by atoms with van der Waals surface area (Å²) in [6, 6.07) is 9.51. The van der Waals surface area contributed by atoms with Crippen LogP contribution >= 0.6 is 11.8 Å². The van der Waals surface area contributed by atoms with E-state index in [1.54, 1.807) is 19.4 Å². The summed E-state index contributed by atoms with van der Waals surface area (Å²) in [5, 5.41) is 9.91. The zero-order chi connectivity index (χ0) is 22.1. The Morgan fingerprint density at radius 3 is 2.77 bits per heavy atom. The molecule has 1 aliphatic rings. The second kappa shape index (κ2) is 8.32. The van der Waals surface area contributed by atoms with Crippen molar-refractivity contribution in [1.29, 1.82) is 5.26 Å². The van der Waals surface area contributed by atoms with Gasteiger partial charge in [-0.1, -0.05) is 37.4 Å². The largest absolute Gasteiger partial charge is 0.448 e. The highest BCUT2D eigenvalue weighted by Gasteiger charge is 2.35. The molecule has 0 unspecified atom stereocenters. The normalized spacial score (nSPS) is 13.5. The number of hydrogen-bond donors (Lipinski definition) is 0. The SMILES string of the molecule is C=C1N(C)C(=O)c2c(nc(SCc3nc(CC)co3)n2Cc2cccc(C#N)c2)N1C. The monoisotopic (exact) mass is 434 g/mol. The van der Waals surface area contributed by atoms with Crippen LogP contribution in [0, 0.1) is 11.3 Å². The molecule has 0 aliphatic carbocycles. The molecule has 1 aromatic carbocycles. The van der Waals surface area contributed by atoms with Gasteiger partial charge in [-0.15, -0.1) is 0 Å². The fraction of sp³-hybridized carbons (Fsp3) is 0.273. The predicted molar refractivity (Wildman–Crippen MR) is 118 cm³/mol. The van der Waals surface area contributed by atoms with Gasteiger partial charge in [-0.3, -0.25) is 9.69 Å². The van der Waals surface area contributed by atoms with Crippen LogP contribution in [0.4, 0.5) is 5.82 Å². The Hall–Kier alpha value is -3.51. The Bertz CT molecular complexity index is 1210. The topological polar surface area (TPSA) is 91.2 Å². The second-order valence-electron chi connectivity index (χ2n) is 7.18. The fourth-order valence-electron chi connectivity index (χ4n) is 3.37. The number of benzene rings is 1. The van der Waals surface area contributed by atoms with E-state index in [1.165, 1.54) is 16.7 Å². The Balaban J connectivity index is 1.74. The van der Waals surface area contributed by atoms with Gasteiger partial charge in [0, 0.05) is 14.1 Å². The van der Waals surface area contributed by atoms with Crippen molar-refractivity contribution in [1.82, 2.24) is 19.4 Å². The molecule has 0 radical (unpaired) electrons. The van der Waals surface area contributed by atoms with Gasteiger partial charge in [0.2, 0.25) is 5.89 Å². The number of hydrogen-bond acceptors (Lipinski definition) is 7. The van der Waals surface area contributed by atoms with Gasteiger partial charge >= 0.3 is 0 Å². The van der Waals surface area contributed by atoms with Crippen molar-refractivity contribution in [2.75, 3.05) is 19.0 Å². The molecule has 0 fully saturated rings. The minimum absolute atomic E-state index is 0.168. The van der Waals surface area contributed by atoms with Crippen molar-refractivity contribution < 1.29 is 9.21 Å². The van der Waals surface area contributed by atoms with Crippen molar-refractivity contribution >= 4 is 23.5 Å². The molecule has 0 saturated heterocycles. The number of anilines is 1. The van der Waals surface area contributed by atoms with Crippen LogP contribution in [-0.2, 0) is 18.7 Å². The van der Waals surface area contributed by atoms with Crippen LogP contribution in [-0.4, -0.2) is 39.4 Å². The summed E-state index contributed by atoms with van der Waals surface area (Å²) in [5.74, 6) is 2.06. The van der Waals surface area contributed by atoms with Gasteiger partial charge in [-0.25, -0.2) is 9.97 Å². The van der Waals surface area contributed by atoms with Crippen LogP contribution in [0.25, 0.3) is 0 Å². The van der Waals surface area contributed by atoms with E-state index in [0.29, 0.717) is 46.2 Å². The summed E-state index contributed by atoms with van der Waals surface area (Å²) in [5.41, 5.74) is 2.87. The second-order valence-corrected chi connectivity index (χ2v) is 8.12. The van der Waals surface area contributed by atoms with Crippen LogP contribution in [0.5, 0.6) is 0 Å². The number of aromatic nitrogens is 3. The number of imidazole rings is 1. The molecule has 3 heterocycles. The van der Waals surface area contributed by atoms with E-state index in [0.717, 1.165) is 17.7 Å². The zero-order valence-electron chi connectivity index (χ0n) is 17.6. The smallest absolute Gasteiger partial charge is 0.279 e. The third-order valence-corrected chi connectivity index (χ3v) is 6.16. The van der Waals surface area contributed by atoms with Crippen molar-refractivity contribution in [2.45, 2.75) is 30.8 Å². The summed E-state index contributed by atoms with van der Waals surface area (Å²) in [6.45, 7) is 6.42. The maximum atomic E-state index is 13.1. The van der Waals surface area contributed by atoms with Gasteiger partial charge in [0.05, 0.1) is 29.6 Å². The van der Waals surface area contributed by atoms with Crippen molar-refractivity contribution in [3.63, 3.8) is 0 Å². The first-order valence-corrected chi connectivity index (χ1v) is 10.8. The maximum absolute atomic E-state index is 13.1. The van der Waals surface area contributed by atoms with E-state index in [4.69, 9.17) is 9.40 Å². The zero-order valence-corrected chi connectivity index (χ0v) is 18.4. The molecule has 1 amide bonds. The Labute approximate surface area is 184 Å². The van der Waals surface area contributed by atoms with Crippen LogP contribution < -0.4 is 4.90 Å². The fourth-order valence-corrected chi connectivity index (χ4v) is 4.22. The molecule has 0 N–H and O–H groups in total. The lowest BCUT2D eigenvalue weighted by molar-refractivity contribution is 0.0815. The Kier molecular flexibility index (Phi) is 5.57. The van der Waals surface area contributed by atoms with Crippen LogP contribution in [0.2, 0.25) is 0 Å². The van der Waals surface area contributed by atoms with E-state index >= 15 is 0 Å². The number of oxazole rings is 1. The summed E-state index contributed by atoms with van der Waals surface area (Å²) in [4.78, 5) is 25.7. The Morgan fingerprint density at radius 1 is 1.26 bits per heavy atom. The number of carbonyl (C=O) groups excluding carboxylic acids is 1. The summed E-state index contributed by atoms with van der Waals surface area (Å²) in [7, 11) is 3.54. The number of amides is 1. The molecule has 0 saturated carbocycles. The van der Waals surface area contributed by atoms with Gasteiger partial charge in [0.25, 0.3) is 5.91 Å². The highest BCUT2D eigenvalue weighted by Crippen LogP contribution is 2.35. The van der Waals surface area contributed by atoms with E-state index in [9.17, 15) is 10.1 Å². The van der Waals surface area contributed by atoms with E-state index in [1.807, 2.05) is 41.6 Å². The molecular formula is C22H22N6O2S. The first-order chi connectivity index (χ1) is 14.9. The van der Waals surface area contributed by atoms with Gasteiger partial charge < -0.3 is 13.9 Å². The molecular weight excluding hydrogens is 412 g/mol. The number of fused-ring (bicyclic) bond motifs is 1. The molecule has 1 aliphatic heterocycles. The minimum Gasteiger partial charge on any atom is -0.448 e. The van der Waals surface area contributed by atoms with Gasteiger partial charge in [0.1, 0.15) is 12.1 Å². The summed E-state index contributed by atoms with van der Waals surface area (Å²) >= 11 is 1.46. The average molecular weight is 435 g/mol. The first-order valence-electron chi connectivity index (χ1n) is 9.79. The third kappa shape index (κ3) is 3.82. The van der Waals surface area contributed by atoms with Gasteiger partial charge in [0.15, 0.2) is 16.7 Å². The van der Waals surface area contributed by atoms with Gasteiger partial charge in [-0.2, -0.15) is 5.26 Å². The number of rotatable bonds is 6. The van der Waals surface area contributed by atoms with E-state index in [-0.39, 0.29) is 5.91 Å². The highest BCUT2D eigenvalue weighted by molar-refractivity contribution is 7.98. The molecule has 31 heavy (non-hydrogen) atoms.